The molecule has 3 N–H and O–H groups in total. The van der Waals surface area contributed by atoms with Crippen molar-refractivity contribution in [3.8, 4) is 0 Å². The lowest BCUT2D eigenvalue weighted by atomic mass is 10.1. The number of rotatable bonds is 5. The number of benzene rings is 1. The molecule has 0 spiro atoms. The van der Waals surface area contributed by atoms with Crippen LogP contribution in [0.1, 0.15) is 15.9 Å². The van der Waals surface area contributed by atoms with Crippen molar-refractivity contribution in [2.45, 2.75) is 6.54 Å². The Hall–Kier alpha value is -1.46. The second-order valence-corrected chi connectivity index (χ2v) is 3.02. The van der Waals surface area contributed by atoms with Crippen molar-refractivity contribution in [2.24, 2.45) is 0 Å². The minimum atomic E-state index is -1.28. The summed E-state index contributed by atoms with van der Waals surface area (Å²) >= 11 is 0. The van der Waals surface area contributed by atoms with Gasteiger partial charge in [-0.1, -0.05) is 6.07 Å². The number of nitrogens with one attached hydrogen (secondary N) is 1. The minimum absolute atomic E-state index is 0.00961. The Labute approximate surface area is 86.4 Å². The molecule has 5 heteroatoms. The summed E-state index contributed by atoms with van der Waals surface area (Å²) in [5, 5.41) is 19.9. The van der Waals surface area contributed by atoms with Crippen LogP contribution in [-0.2, 0) is 6.54 Å². The van der Waals surface area contributed by atoms with Gasteiger partial charge in [0.2, 0.25) is 0 Å². The number of aromatic carboxylic acids is 1. The summed E-state index contributed by atoms with van der Waals surface area (Å²) in [6, 6.07) is 3.94. The van der Waals surface area contributed by atoms with Crippen LogP contribution in [0.3, 0.4) is 0 Å². The molecule has 0 saturated carbocycles. The lowest BCUT2D eigenvalue weighted by Crippen LogP contribution is -2.17. The van der Waals surface area contributed by atoms with Crippen LogP contribution >= 0.6 is 0 Å². The topological polar surface area (TPSA) is 69.6 Å². The highest BCUT2D eigenvalue weighted by molar-refractivity contribution is 5.87. The van der Waals surface area contributed by atoms with Crippen LogP contribution in [-0.4, -0.2) is 29.3 Å². The molecule has 1 aromatic carbocycles. The number of carboxylic acids is 1. The highest BCUT2D eigenvalue weighted by Crippen LogP contribution is 2.10. The molecule has 0 atom stereocenters. The van der Waals surface area contributed by atoms with Crippen molar-refractivity contribution in [3.63, 3.8) is 0 Å². The van der Waals surface area contributed by atoms with Gasteiger partial charge in [-0.25, -0.2) is 9.18 Å². The minimum Gasteiger partial charge on any atom is -0.478 e. The van der Waals surface area contributed by atoms with Gasteiger partial charge < -0.3 is 15.5 Å². The smallest absolute Gasteiger partial charge is 0.338 e. The summed E-state index contributed by atoms with van der Waals surface area (Å²) < 4.78 is 13.2. The fourth-order valence-electron chi connectivity index (χ4n) is 1.15. The average molecular weight is 213 g/mol. The van der Waals surface area contributed by atoms with Crippen LogP contribution < -0.4 is 5.32 Å². The first-order valence-corrected chi connectivity index (χ1v) is 4.48. The lowest BCUT2D eigenvalue weighted by molar-refractivity contribution is 0.0692. The van der Waals surface area contributed by atoms with Crippen molar-refractivity contribution < 1.29 is 19.4 Å². The van der Waals surface area contributed by atoms with Gasteiger partial charge in [-0.2, -0.15) is 0 Å². The Morgan fingerprint density at radius 3 is 2.73 bits per heavy atom. The number of halogens is 1. The highest BCUT2D eigenvalue weighted by Gasteiger charge is 2.09. The molecule has 0 aliphatic carbocycles. The number of carboxylic acid groups (broad SMARTS) is 1. The van der Waals surface area contributed by atoms with Gasteiger partial charge in [0, 0.05) is 13.1 Å². The quantitative estimate of drug-likeness (QED) is 0.627. The summed E-state index contributed by atoms with van der Waals surface area (Å²) in [7, 11) is 0. The predicted octanol–water partition coefficient (Wildman–Crippen LogP) is 0.606. The van der Waals surface area contributed by atoms with Crippen molar-refractivity contribution in [1.82, 2.24) is 5.32 Å². The molecule has 15 heavy (non-hydrogen) atoms. The van der Waals surface area contributed by atoms with Gasteiger partial charge in [-0.15, -0.1) is 0 Å². The van der Waals surface area contributed by atoms with E-state index in [1.54, 1.807) is 0 Å². The van der Waals surface area contributed by atoms with E-state index < -0.39 is 11.8 Å². The summed E-state index contributed by atoms with van der Waals surface area (Å²) in [4.78, 5) is 10.5. The molecule has 0 bridgehead atoms. The first-order valence-electron chi connectivity index (χ1n) is 4.48. The second kappa shape index (κ2) is 5.43. The third-order valence-electron chi connectivity index (χ3n) is 1.88. The fourth-order valence-corrected chi connectivity index (χ4v) is 1.15. The van der Waals surface area contributed by atoms with Crippen molar-refractivity contribution in [3.05, 3.63) is 35.1 Å². The van der Waals surface area contributed by atoms with Gasteiger partial charge >= 0.3 is 5.97 Å². The van der Waals surface area contributed by atoms with E-state index in [2.05, 4.69) is 5.32 Å². The van der Waals surface area contributed by atoms with E-state index in [4.69, 9.17) is 10.2 Å². The fraction of sp³-hybridized carbons (Fsp3) is 0.300. The van der Waals surface area contributed by atoms with Crippen LogP contribution in [0.4, 0.5) is 4.39 Å². The number of hydrogen-bond donors (Lipinski definition) is 3. The molecule has 1 aromatic rings. The van der Waals surface area contributed by atoms with Crippen LogP contribution in [0.2, 0.25) is 0 Å². The van der Waals surface area contributed by atoms with Gasteiger partial charge in [0.25, 0.3) is 0 Å². The molecule has 0 heterocycles. The van der Waals surface area contributed by atoms with E-state index in [1.807, 2.05) is 0 Å². The number of aliphatic hydroxyl groups is 1. The highest BCUT2D eigenvalue weighted by atomic mass is 19.1. The SMILES string of the molecule is O=C(O)c1ccc(CNCCO)cc1F. The Balaban J connectivity index is 2.69. The van der Waals surface area contributed by atoms with Crippen molar-refractivity contribution in [2.75, 3.05) is 13.2 Å². The summed E-state index contributed by atoms with van der Waals surface area (Å²) in [5.74, 6) is -2.02. The van der Waals surface area contributed by atoms with Gasteiger partial charge in [0.1, 0.15) is 5.82 Å². The lowest BCUT2D eigenvalue weighted by Gasteiger charge is -2.04. The molecule has 1 rings (SSSR count). The third kappa shape index (κ3) is 3.30. The number of carbonyl (C=O) groups is 1. The van der Waals surface area contributed by atoms with Gasteiger partial charge in [0.15, 0.2) is 0 Å². The van der Waals surface area contributed by atoms with E-state index in [9.17, 15) is 9.18 Å². The molecular formula is C10H12FNO3. The Kier molecular flexibility index (Phi) is 4.20. The molecule has 0 unspecified atom stereocenters. The third-order valence-corrected chi connectivity index (χ3v) is 1.88. The van der Waals surface area contributed by atoms with Crippen molar-refractivity contribution in [1.29, 1.82) is 0 Å². The molecule has 0 saturated heterocycles. The zero-order valence-corrected chi connectivity index (χ0v) is 8.03. The molecular weight excluding hydrogens is 201 g/mol. The zero-order chi connectivity index (χ0) is 11.3. The molecule has 82 valence electrons. The number of aliphatic hydroxyl groups excluding tert-OH is 1. The second-order valence-electron chi connectivity index (χ2n) is 3.02. The Morgan fingerprint density at radius 2 is 2.20 bits per heavy atom. The maximum absolute atomic E-state index is 13.2. The molecule has 0 aliphatic rings. The molecule has 0 radical (unpaired) electrons. The standard InChI is InChI=1S/C10H12FNO3/c11-9-5-7(6-12-3-4-13)1-2-8(9)10(14)15/h1-2,5,12-13H,3-4,6H2,(H,14,15). The van der Waals surface area contributed by atoms with Crippen molar-refractivity contribution >= 4 is 5.97 Å². The summed E-state index contributed by atoms with van der Waals surface area (Å²) in [6.45, 7) is 0.829. The van der Waals surface area contributed by atoms with Crippen LogP contribution in [0.25, 0.3) is 0 Å². The summed E-state index contributed by atoms with van der Waals surface area (Å²) in [5.41, 5.74) is 0.312. The molecule has 0 aromatic heterocycles. The monoisotopic (exact) mass is 213 g/mol. The molecule has 4 nitrogen and oxygen atoms in total. The van der Waals surface area contributed by atoms with Gasteiger partial charge in [-0.05, 0) is 17.7 Å². The normalized spacial score (nSPS) is 10.3. The Bertz CT molecular complexity index is 355. The van der Waals surface area contributed by atoms with E-state index >= 15 is 0 Å². The van der Waals surface area contributed by atoms with Gasteiger partial charge in [0.05, 0.1) is 12.2 Å². The van der Waals surface area contributed by atoms with Crippen LogP contribution in [0.15, 0.2) is 18.2 Å². The first kappa shape index (κ1) is 11.6. The maximum Gasteiger partial charge on any atom is 0.338 e. The predicted molar refractivity (Wildman–Crippen MR) is 52.2 cm³/mol. The van der Waals surface area contributed by atoms with E-state index in [0.29, 0.717) is 18.7 Å². The van der Waals surface area contributed by atoms with Crippen LogP contribution in [0.5, 0.6) is 0 Å². The zero-order valence-electron chi connectivity index (χ0n) is 8.03. The van der Waals surface area contributed by atoms with E-state index in [-0.39, 0.29) is 12.2 Å². The molecule has 0 aliphatic heterocycles. The van der Waals surface area contributed by atoms with Crippen LogP contribution in [0, 0.1) is 5.82 Å². The Morgan fingerprint density at radius 1 is 1.47 bits per heavy atom. The van der Waals surface area contributed by atoms with E-state index in [0.717, 1.165) is 0 Å². The molecule has 0 amide bonds. The average Bonchev–Trinajstić information content (AvgIpc) is 2.17. The largest absolute Gasteiger partial charge is 0.478 e. The molecule has 0 fully saturated rings. The first-order chi connectivity index (χ1) is 7.15. The summed E-state index contributed by atoms with van der Waals surface area (Å²) in [6.07, 6.45) is 0. The van der Waals surface area contributed by atoms with Gasteiger partial charge in [-0.3, -0.25) is 0 Å². The maximum atomic E-state index is 13.2. The van der Waals surface area contributed by atoms with E-state index in [1.165, 1.54) is 18.2 Å². The number of hydrogen-bond acceptors (Lipinski definition) is 3.